The van der Waals surface area contributed by atoms with Crippen LogP contribution in [0, 0.1) is 17.0 Å². The summed E-state index contributed by atoms with van der Waals surface area (Å²) in [5, 5.41) is 11.4. The normalized spacial score (nSPS) is 21.7. The summed E-state index contributed by atoms with van der Waals surface area (Å²) in [6.07, 6.45) is -0.182. The molecule has 1 aliphatic heterocycles. The Bertz CT molecular complexity index is 1500. The highest BCUT2D eigenvalue weighted by molar-refractivity contribution is 7.98. The molecular weight excluding hydrogens is 663 g/mol. The summed E-state index contributed by atoms with van der Waals surface area (Å²) in [4.78, 5) is 64.1. The highest BCUT2D eigenvalue weighted by atomic mass is 32.2. The number of ether oxygens (including phenoxy) is 3. The van der Waals surface area contributed by atoms with Crippen molar-refractivity contribution >= 4 is 40.9 Å². The third kappa shape index (κ3) is 10.8. The van der Waals surface area contributed by atoms with Crippen LogP contribution in [0.4, 0.5) is 5.69 Å². The maximum absolute atomic E-state index is 12.8. The van der Waals surface area contributed by atoms with Gasteiger partial charge >= 0.3 is 29.2 Å². The Balaban J connectivity index is 1.81. The van der Waals surface area contributed by atoms with Crippen molar-refractivity contribution in [2.45, 2.75) is 38.4 Å². The van der Waals surface area contributed by atoms with Crippen LogP contribution in [-0.4, -0.2) is 71.5 Å². The molecule has 0 amide bonds. The number of para-hydroxylation sites is 1. The predicted molar refractivity (Wildman–Crippen MR) is 147 cm³/mol. The minimum absolute atomic E-state index is 0.0846. The summed E-state index contributed by atoms with van der Waals surface area (Å²) in [5.74, 6) is 0.771. The zero-order chi connectivity index (χ0) is 32.0. The molecule has 4 N–H and O–H groups in total. The first-order chi connectivity index (χ1) is 20.0. The van der Waals surface area contributed by atoms with Crippen molar-refractivity contribution in [3.63, 3.8) is 0 Å². The molecule has 1 fully saturated rings. The average molecular weight is 691 g/mol. The second kappa shape index (κ2) is 14.8. The number of rotatable bonds is 16. The van der Waals surface area contributed by atoms with E-state index >= 15 is 0 Å². The topological polar surface area (TPSA) is 266 Å². The van der Waals surface area contributed by atoms with E-state index in [1.807, 2.05) is 6.26 Å². The molecule has 0 spiro atoms. The summed E-state index contributed by atoms with van der Waals surface area (Å²) in [6.45, 7) is 0.751. The molecule has 5 unspecified atom stereocenters. The highest BCUT2D eigenvalue weighted by Gasteiger charge is 2.43. The van der Waals surface area contributed by atoms with E-state index in [9.17, 15) is 38.4 Å². The lowest BCUT2D eigenvalue weighted by molar-refractivity contribution is -0.386. The maximum Gasteiger partial charge on any atom is 0.490 e. The molecule has 43 heavy (non-hydrogen) atoms. The number of benzene rings is 1. The van der Waals surface area contributed by atoms with Crippen molar-refractivity contribution in [1.29, 1.82) is 0 Å². The quantitative estimate of drug-likeness (QED) is 0.0852. The second-order valence-corrected chi connectivity index (χ2v) is 14.2. The third-order valence-corrected chi connectivity index (χ3v) is 9.94. The van der Waals surface area contributed by atoms with Crippen LogP contribution in [0.1, 0.15) is 23.8 Å². The van der Waals surface area contributed by atoms with E-state index in [0.717, 1.165) is 4.57 Å². The van der Waals surface area contributed by atoms with Crippen LogP contribution in [0.25, 0.3) is 0 Å². The number of thioether (sulfide) groups is 1. The van der Waals surface area contributed by atoms with Gasteiger partial charge in [-0.1, -0.05) is 12.1 Å². The molecule has 23 heteroatoms. The van der Waals surface area contributed by atoms with Gasteiger partial charge in [0.05, 0.1) is 36.4 Å². The van der Waals surface area contributed by atoms with Crippen LogP contribution in [0.5, 0.6) is 5.88 Å². The number of nitro benzene ring substituents is 1. The van der Waals surface area contributed by atoms with Crippen molar-refractivity contribution in [2.24, 2.45) is 0 Å². The summed E-state index contributed by atoms with van der Waals surface area (Å²) in [7, 11) is -16.9. The fourth-order valence-electron chi connectivity index (χ4n) is 3.80. The monoisotopic (exact) mass is 691 g/mol. The van der Waals surface area contributed by atoms with Gasteiger partial charge in [0.2, 0.25) is 5.88 Å². The van der Waals surface area contributed by atoms with E-state index in [-0.39, 0.29) is 30.2 Å². The molecule has 5 atom stereocenters. The fourth-order valence-corrected chi connectivity index (χ4v) is 7.08. The Morgan fingerprint density at radius 1 is 1.16 bits per heavy atom. The molecule has 1 aromatic carbocycles. The molecule has 240 valence electrons. The first kappa shape index (κ1) is 35.5. The van der Waals surface area contributed by atoms with E-state index in [4.69, 9.17) is 28.5 Å². The number of hydrogen-bond acceptors (Lipinski definition) is 14. The van der Waals surface area contributed by atoms with Crippen molar-refractivity contribution in [2.75, 3.05) is 25.2 Å². The maximum atomic E-state index is 12.8. The molecule has 1 aliphatic rings. The zero-order valence-corrected chi connectivity index (χ0v) is 25.9. The van der Waals surface area contributed by atoms with Gasteiger partial charge in [0.25, 0.3) is 5.69 Å². The van der Waals surface area contributed by atoms with Gasteiger partial charge in [0.15, 0.2) is 0 Å². The number of hydrogen-bond donors (Lipinski definition) is 4. The third-order valence-electron chi connectivity index (χ3n) is 5.56. The Labute approximate surface area is 247 Å². The van der Waals surface area contributed by atoms with Gasteiger partial charge < -0.3 is 33.8 Å². The minimum atomic E-state index is -5.77. The van der Waals surface area contributed by atoms with Crippen LogP contribution in [0.15, 0.2) is 35.3 Å². The number of nitro groups is 1. The van der Waals surface area contributed by atoms with Gasteiger partial charge in [-0.3, -0.25) is 19.2 Å². The standard InChI is InChI=1S/C20H28N3O16P3S/c1-13-10-22(20(24)21-19(13)34-7-8-43-2)18-9-16(35-11-14-5-3-4-6-15(14)23(25)26)17(37-18)12-36-41(30,31)39-42(32,33)38-40(27,28)29/h3-6,10,16-18H,7-9,11-12H2,1-2H3,(H,30,31)(H,32,33)(H2,27,28,29). The molecule has 3 rings (SSSR count). The molecule has 0 saturated carbocycles. The predicted octanol–water partition coefficient (Wildman–Crippen LogP) is 2.42. The molecule has 0 aliphatic carbocycles. The minimum Gasteiger partial charge on any atom is -0.476 e. The highest BCUT2D eigenvalue weighted by Crippen LogP contribution is 2.66. The summed E-state index contributed by atoms with van der Waals surface area (Å²) < 4.78 is 65.2. The first-order valence-corrected chi connectivity index (χ1v) is 17.9. The fraction of sp³-hybridized carbons (Fsp3) is 0.500. The van der Waals surface area contributed by atoms with Gasteiger partial charge in [-0.05, 0) is 19.2 Å². The van der Waals surface area contributed by atoms with E-state index in [2.05, 4.69) is 13.6 Å². The molecule has 2 heterocycles. The van der Waals surface area contributed by atoms with Crippen LogP contribution >= 0.6 is 35.2 Å². The number of phosphoric ester groups is 1. The molecule has 0 bridgehead atoms. The molecule has 0 radical (unpaired) electrons. The number of nitrogens with zero attached hydrogens (tertiary/aromatic N) is 3. The zero-order valence-electron chi connectivity index (χ0n) is 22.4. The molecular formula is C20H28N3O16P3S. The van der Waals surface area contributed by atoms with Gasteiger partial charge in [-0.15, -0.1) is 0 Å². The lowest BCUT2D eigenvalue weighted by Gasteiger charge is -2.21. The molecule has 1 aromatic heterocycles. The van der Waals surface area contributed by atoms with Crippen molar-refractivity contribution in [3.8, 4) is 5.88 Å². The van der Waals surface area contributed by atoms with Gasteiger partial charge in [0.1, 0.15) is 12.3 Å². The van der Waals surface area contributed by atoms with E-state index < -0.39 is 59.1 Å². The number of aryl methyl sites for hydroxylation is 1. The van der Waals surface area contributed by atoms with Crippen LogP contribution in [0.3, 0.4) is 0 Å². The lowest BCUT2D eigenvalue weighted by Crippen LogP contribution is -2.29. The SMILES string of the molecule is CSCCOc1nc(=O)n(C2CC(OCc3ccccc3[N+](=O)[O-])C(COP(=O)(O)OP(=O)(O)OP(=O)(O)O)O2)cc1C. The van der Waals surface area contributed by atoms with Crippen molar-refractivity contribution in [1.82, 2.24) is 9.55 Å². The van der Waals surface area contributed by atoms with E-state index in [1.54, 1.807) is 13.0 Å². The Morgan fingerprint density at radius 2 is 1.86 bits per heavy atom. The lowest BCUT2D eigenvalue weighted by atomic mass is 10.1. The average Bonchev–Trinajstić information content (AvgIpc) is 3.29. The Morgan fingerprint density at radius 3 is 2.51 bits per heavy atom. The summed E-state index contributed by atoms with van der Waals surface area (Å²) in [6, 6.07) is 5.71. The smallest absolute Gasteiger partial charge is 0.476 e. The van der Waals surface area contributed by atoms with Crippen molar-refractivity contribution < 1.29 is 65.5 Å². The van der Waals surface area contributed by atoms with Crippen LogP contribution < -0.4 is 10.4 Å². The second-order valence-electron chi connectivity index (χ2n) is 8.75. The summed E-state index contributed by atoms with van der Waals surface area (Å²) in [5.41, 5.74) is -0.334. The van der Waals surface area contributed by atoms with E-state index in [0.29, 0.717) is 17.9 Å². The summed E-state index contributed by atoms with van der Waals surface area (Å²) >= 11 is 1.53. The molecule has 1 saturated heterocycles. The van der Waals surface area contributed by atoms with Crippen molar-refractivity contribution in [3.05, 3.63) is 62.2 Å². The molecule has 19 nitrogen and oxygen atoms in total. The molecule has 2 aromatic rings. The largest absolute Gasteiger partial charge is 0.490 e. The number of aromatic nitrogens is 2. The van der Waals surface area contributed by atoms with Gasteiger partial charge in [-0.2, -0.15) is 25.4 Å². The van der Waals surface area contributed by atoms with Gasteiger partial charge in [0, 0.05) is 30.0 Å². The van der Waals surface area contributed by atoms with Gasteiger partial charge in [-0.25, -0.2) is 18.5 Å². The van der Waals surface area contributed by atoms with E-state index in [1.165, 1.54) is 36.2 Å². The first-order valence-electron chi connectivity index (χ1n) is 12.0. The van der Waals surface area contributed by atoms with Crippen LogP contribution in [0.2, 0.25) is 0 Å². The van der Waals surface area contributed by atoms with Crippen LogP contribution in [-0.2, 0) is 42.9 Å². The number of phosphoric acid groups is 3. The Kier molecular flexibility index (Phi) is 12.2. The Hall–Kier alpha value is -2.02.